The SMILES string of the molecule is CCOc1cc(/C=C2/C(=N)N3OC(C)=CC3=NC2=O)ccc1OCCOc1cc(C)cc(C)c1. The molecule has 8 heteroatoms. The molecule has 8 nitrogen and oxygen atoms in total. The lowest BCUT2D eigenvalue weighted by Gasteiger charge is -2.23. The van der Waals surface area contributed by atoms with Crippen LogP contribution in [0.2, 0.25) is 0 Å². The standard InChI is InChI=1S/C26H27N3O5/c1-5-31-23-15-19(14-21-25(27)29-24(28-26(21)30)13-18(4)34-29)6-7-22(23)33-9-8-32-20-11-16(2)10-17(3)12-20/h6-7,10-15,27H,5,8-9H2,1-4H3/b21-14-,27-25?. The van der Waals surface area contributed by atoms with Crippen LogP contribution >= 0.6 is 0 Å². The lowest BCUT2D eigenvalue weighted by molar-refractivity contribution is -0.114. The van der Waals surface area contributed by atoms with Gasteiger partial charge in [-0.3, -0.25) is 10.2 Å². The summed E-state index contributed by atoms with van der Waals surface area (Å²) in [6.07, 6.45) is 3.21. The summed E-state index contributed by atoms with van der Waals surface area (Å²) in [5.74, 6) is 2.24. The lowest BCUT2D eigenvalue weighted by atomic mass is 10.1. The highest BCUT2D eigenvalue weighted by molar-refractivity contribution is 6.32. The summed E-state index contributed by atoms with van der Waals surface area (Å²) in [7, 11) is 0. The Morgan fingerprint density at radius 1 is 1.00 bits per heavy atom. The van der Waals surface area contributed by atoms with E-state index in [0.717, 1.165) is 16.9 Å². The van der Waals surface area contributed by atoms with Crippen molar-refractivity contribution in [2.24, 2.45) is 4.99 Å². The third-order valence-corrected chi connectivity index (χ3v) is 5.06. The predicted molar refractivity (Wildman–Crippen MR) is 129 cm³/mol. The molecule has 0 radical (unpaired) electrons. The van der Waals surface area contributed by atoms with Crippen LogP contribution in [0.1, 0.15) is 30.5 Å². The number of amidine groups is 2. The van der Waals surface area contributed by atoms with Crippen LogP contribution in [0.15, 0.2) is 58.8 Å². The molecule has 0 atom stereocenters. The Bertz CT molecular complexity index is 1210. The van der Waals surface area contributed by atoms with Gasteiger partial charge in [0.05, 0.1) is 12.2 Å². The molecule has 0 aliphatic carbocycles. The van der Waals surface area contributed by atoms with Crippen LogP contribution in [-0.2, 0) is 9.63 Å². The molecule has 0 saturated carbocycles. The van der Waals surface area contributed by atoms with Gasteiger partial charge in [-0.1, -0.05) is 12.1 Å². The molecular formula is C26H27N3O5. The van der Waals surface area contributed by atoms with Crippen molar-refractivity contribution >= 4 is 23.7 Å². The van der Waals surface area contributed by atoms with Crippen LogP contribution in [0.3, 0.4) is 0 Å². The van der Waals surface area contributed by atoms with Gasteiger partial charge in [0.15, 0.2) is 23.2 Å². The van der Waals surface area contributed by atoms with Crippen LogP contribution in [0, 0.1) is 19.3 Å². The molecule has 0 spiro atoms. The highest BCUT2D eigenvalue weighted by Gasteiger charge is 2.34. The van der Waals surface area contributed by atoms with Gasteiger partial charge in [0.25, 0.3) is 5.91 Å². The van der Waals surface area contributed by atoms with Gasteiger partial charge in [-0.25, -0.2) is 0 Å². The molecule has 1 N–H and O–H groups in total. The minimum atomic E-state index is -0.493. The van der Waals surface area contributed by atoms with Gasteiger partial charge in [-0.15, -0.1) is 5.06 Å². The Labute approximate surface area is 198 Å². The fourth-order valence-corrected chi connectivity index (χ4v) is 3.70. The number of nitrogens with one attached hydrogen (secondary N) is 1. The molecule has 0 saturated heterocycles. The quantitative estimate of drug-likeness (QED) is 0.456. The maximum atomic E-state index is 12.5. The molecule has 2 aromatic carbocycles. The van der Waals surface area contributed by atoms with Crippen LogP contribution in [0.25, 0.3) is 6.08 Å². The Kier molecular flexibility index (Phi) is 6.67. The summed E-state index contributed by atoms with van der Waals surface area (Å²) in [4.78, 5) is 22.0. The van der Waals surface area contributed by atoms with E-state index in [4.69, 9.17) is 24.5 Å². The van der Waals surface area contributed by atoms with E-state index in [-0.39, 0.29) is 11.4 Å². The first-order valence-corrected chi connectivity index (χ1v) is 11.0. The van der Waals surface area contributed by atoms with Crippen LogP contribution in [0.4, 0.5) is 0 Å². The first-order chi connectivity index (χ1) is 16.3. The lowest BCUT2D eigenvalue weighted by Crippen LogP contribution is -2.38. The topological polar surface area (TPSA) is 93.4 Å². The molecule has 0 unspecified atom stereocenters. The smallest absolute Gasteiger partial charge is 0.282 e. The molecule has 0 fully saturated rings. The van der Waals surface area contributed by atoms with E-state index in [1.54, 1.807) is 37.3 Å². The molecule has 4 rings (SSSR count). The van der Waals surface area contributed by atoms with Gasteiger partial charge in [0, 0.05) is 6.08 Å². The number of hydrogen-bond donors (Lipinski definition) is 1. The number of carbonyl (C=O) groups excluding carboxylic acids is 1. The first kappa shape index (κ1) is 23.1. The number of aliphatic imine (C=N–C) groups is 1. The molecule has 34 heavy (non-hydrogen) atoms. The number of allylic oxidation sites excluding steroid dienone is 1. The van der Waals surface area contributed by atoms with Gasteiger partial charge < -0.3 is 19.0 Å². The van der Waals surface area contributed by atoms with Crippen molar-refractivity contribution in [2.75, 3.05) is 19.8 Å². The second kappa shape index (κ2) is 9.82. The summed E-state index contributed by atoms with van der Waals surface area (Å²) in [5.41, 5.74) is 3.10. The molecular weight excluding hydrogens is 434 g/mol. The second-order valence-corrected chi connectivity index (χ2v) is 7.98. The number of rotatable bonds is 8. The van der Waals surface area contributed by atoms with Crippen LogP contribution in [0.5, 0.6) is 17.2 Å². The monoisotopic (exact) mass is 461 g/mol. The number of aryl methyl sites for hydroxylation is 2. The molecule has 2 aliphatic heterocycles. The largest absolute Gasteiger partial charge is 0.490 e. The van der Waals surface area contributed by atoms with E-state index < -0.39 is 5.91 Å². The molecule has 2 aliphatic rings. The molecule has 176 valence electrons. The molecule has 1 amide bonds. The van der Waals surface area contributed by atoms with Crippen LogP contribution in [-0.4, -0.2) is 42.5 Å². The van der Waals surface area contributed by atoms with Crippen molar-refractivity contribution < 1.29 is 23.8 Å². The Morgan fingerprint density at radius 3 is 2.47 bits per heavy atom. The summed E-state index contributed by atoms with van der Waals surface area (Å²) < 4.78 is 17.4. The fourth-order valence-electron chi connectivity index (χ4n) is 3.70. The zero-order valence-electron chi connectivity index (χ0n) is 19.7. The zero-order valence-corrected chi connectivity index (χ0v) is 19.7. The number of amides is 1. The maximum absolute atomic E-state index is 12.5. The minimum absolute atomic E-state index is 0.0649. The van der Waals surface area contributed by atoms with Crippen molar-refractivity contribution in [3.8, 4) is 17.2 Å². The third-order valence-electron chi connectivity index (χ3n) is 5.06. The first-order valence-electron chi connectivity index (χ1n) is 11.0. The fraction of sp³-hybridized carbons (Fsp3) is 0.269. The average Bonchev–Trinajstić information content (AvgIpc) is 3.15. The van der Waals surface area contributed by atoms with Crippen molar-refractivity contribution in [1.82, 2.24) is 5.06 Å². The molecule has 2 aromatic rings. The number of carbonyl (C=O) groups is 1. The van der Waals surface area contributed by atoms with Crippen molar-refractivity contribution in [1.29, 1.82) is 5.41 Å². The van der Waals surface area contributed by atoms with E-state index in [9.17, 15) is 4.79 Å². The van der Waals surface area contributed by atoms with Gasteiger partial charge in [0.1, 0.15) is 24.7 Å². The summed E-state index contributed by atoms with van der Waals surface area (Å²) in [5, 5.41) is 9.59. The van der Waals surface area contributed by atoms with Gasteiger partial charge in [-0.05, 0) is 74.7 Å². The van der Waals surface area contributed by atoms with Crippen LogP contribution < -0.4 is 14.2 Å². The average molecular weight is 462 g/mol. The van der Waals surface area contributed by atoms with Crippen molar-refractivity contribution in [3.63, 3.8) is 0 Å². The summed E-state index contributed by atoms with van der Waals surface area (Å²) in [6.45, 7) is 8.86. The predicted octanol–water partition coefficient (Wildman–Crippen LogP) is 4.61. The van der Waals surface area contributed by atoms with Crippen molar-refractivity contribution in [3.05, 3.63) is 70.5 Å². The van der Waals surface area contributed by atoms with Gasteiger partial charge in [-0.2, -0.15) is 4.99 Å². The maximum Gasteiger partial charge on any atom is 0.282 e. The van der Waals surface area contributed by atoms with E-state index in [1.807, 2.05) is 32.9 Å². The number of fused-ring (bicyclic) bond motifs is 1. The van der Waals surface area contributed by atoms with E-state index in [0.29, 0.717) is 48.5 Å². The number of benzene rings is 2. The highest BCUT2D eigenvalue weighted by atomic mass is 16.7. The Hall–Kier alpha value is -4.07. The number of hydrogen-bond acceptors (Lipinski definition) is 6. The van der Waals surface area contributed by atoms with E-state index >= 15 is 0 Å². The minimum Gasteiger partial charge on any atom is -0.490 e. The second-order valence-electron chi connectivity index (χ2n) is 7.98. The number of hydroxylamine groups is 2. The van der Waals surface area contributed by atoms with Crippen molar-refractivity contribution in [2.45, 2.75) is 27.7 Å². The van der Waals surface area contributed by atoms with Gasteiger partial charge in [0.2, 0.25) is 0 Å². The molecule has 0 aromatic heterocycles. The summed E-state index contributed by atoms with van der Waals surface area (Å²) >= 11 is 0. The Balaban J connectivity index is 1.45. The Morgan fingerprint density at radius 2 is 1.74 bits per heavy atom. The number of ether oxygens (including phenoxy) is 3. The molecule has 0 bridgehead atoms. The third kappa shape index (κ3) is 5.11. The van der Waals surface area contributed by atoms with Gasteiger partial charge >= 0.3 is 0 Å². The normalized spacial score (nSPS) is 16.1. The zero-order chi connectivity index (χ0) is 24.2. The highest BCUT2D eigenvalue weighted by Crippen LogP contribution is 2.31. The van der Waals surface area contributed by atoms with E-state index in [2.05, 4.69) is 11.1 Å². The van der Waals surface area contributed by atoms with E-state index in [1.165, 1.54) is 5.06 Å². The number of nitrogens with zero attached hydrogens (tertiary/aromatic N) is 2. The summed E-state index contributed by atoms with van der Waals surface area (Å²) in [6, 6.07) is 11.4. The molecule has 2 heterocycles.